The normalized spacial score (nSPS) is 14.8. The van der Waals surface area contributed by atoms with Crippen molar-refractivity contribution in [3.05, 3.63) is 0 Å². The fourth-order valence-corrected chi connectivity index (χ4v) is 29.4. The van der Waals surface area contributed by atoms with Crippen LogP contribution in [-0.4, -0.2) is 8.24 Å². The molecule has 0 saturated carbocycles. The van der Waals surface area contributed by atoms with Crippen LogP contribution in [0.25, 0.3) is 0 Å². The third kappa shape index (κ3) is 14.7. The minimum absolute atomic E-state index is 1.82. The molecule has 0 saturated heterocycles. The van der Waals surface area contributed by atoms with Crippen molar-refractivity contribution in [3.63, 3.8) is 0 Å². The maximum Gasteiger partial charge on any atom is 0.257 e. The number of nitrogens with one attached hydrogen (secondary N) is 1. The molecule has 0 amide bonds. The number of halogens is 8. The third-order valence-electron chi connectivity index (χ3n) is 1.12. The zero-order valence-corrected chi connectivity index (χ0v) is 22.0. The highest BCUT2D eigenvalue weighted by atomic mass is 35.9. The quantitative estimate of drug-likeness (QED) is 0.264. The van der Waals surface area contributed by atoms with E-state index >= 15 is 0 Å². The largest absolute Gasteiger partial charge is 0.281 e. The molecule has 21 heavy (non-hydrogen) atoms. The van der Waals surface area contributed by atoms with Gasteiger partial charge in [-0.05, 0) is 102 Å². The smallest absolute Gasteiger partial charge is 0.257 e. The van der Waals surface area contributed by atoms with Gasteiger partial charge in [0.1, 0.15) is 8.24 Å². The molecule has 0 radical (unpaired) electrons. The number of hydrogen-bond donors (Lipinski definition) is 1. The Hall–Kier alpha value is 3.84. The maximum atomic E-state index is 6.13. The van der Waals surface area contributed by atoms with E-state index in [1.807, 2.05) is 19.6 Å². The average molecular weight is 570 g/mol. The summed E-state index contributed by atoms with van der Waals surface area (Å²) in [6.07, 6.45) is 0. The van der Waals surface area contributed by atoms with Gasteiger partial charge in [0.15, 0.2) is 0 Å². The van der Waals surface area contributed by atoms with E-state index in [-0.39, 0.29) is 0 Å². The summed E-state index contributed by atoms with van der Waals surface area (Å²) < 4.78 is 14.5. The molecule has 0 bridgehead atoms. The molecule has 0 atom stereocenters. The van der Waals surface area contributed by atoms with Crippen LogP contribution in [0.1, 0.15) is 0 Å². The molecule has 0 aliphatic rings. The first-order valence-electron chi connectivity index (χ1n) is 4.71. The summed E-state index contributed by atoms with van der Waals surface area (Å²) in [4.78, 5) is -3.07. The molecule has 0 aromatic carbocycles. The molecule has 18 heteroatoms. The summed E-state index contributed by atoms with van der Waals surface area (Å²) in [5.74, 6) is -9.72. The van der Waals surface area contributed by atoms with Gasteiger partial charge < -0.3 is 0 Å². The Morgan fingerprint density at radius 3 is 1.48 bits per heavy atom. The monoisotopic (exact) mass is 566 g/mol. The maximum absolute atomic E-state index is 6.13. The van der Waals surface area contributed by atoms with Gasteiger partial charge in [-0.2, -0.15) is 13.5 Å². The molecule has 0 fully saturated rings. The van der Waals surface area contributed by atoms with Crippen LogP contribution in [0.3, 0.4) is 0 Å². The van der Waals surface area contributed by atoms with Crippen molar-refractivity contribution in [2.24, 2.45) is 13.5 Å². The molecule has 0 spiro atoms. The lowest BCUT2D eigenvalue weighted by Gasteiger charge is -2.23. The fraction of sp³-hybridized carbons (Fsp3) is 1.00. The molecule has 0 rings (SSSR count). The van der Waals surface area contributed by atoms with Crippen LogP contribution in [0.15, 0.2) is 13.5 Å². The van der Waals surface area contributed by atoms with Crippen molar-refractivity contribution < 1.29 is 0 Å². The molecule has 0 heterocycles. The summed E-state index contributed by atoms with van der Waals surface area (Å²) in [6, 6.07) is 0. The fourth-order valence-electron chi connectivity index (χ4n) is 0.852. The molecule has 0 aromatic heterocycles. The van der Waals surface area contributed by atoms with Crippen molar-refractivity contribution in [2.75, 3.05) is 0 Å². The summed E-state index contributed by atoms with van der Waals surface area (Å²) in [5.41, 5.74) is 0. The Morgan fingerprint density at radius 1 is 0.762 bits per heavy atom. The second-order valence-electron chi connectivity index (χ2n) is 4.46. The lowest BCUT2D eigenvalue weighted by Crippen LogP contribution is -2.36. The van der Waals surface area contributed by atoms with Crippen molar-refractivity contribution in [3.8, 4) is 0 Å². The Balaban J connectivity index is 5.85. The van der Waals surface area contributed by atoms with Gasteiger partial charge >= 0.3 is 0 Å². The van der Waals surface area contributed by atoms with E-state index in [1.165, 1.54) is 0 Å². The van der Waals surface area contributed by atoms with Crippen molar-refractivity contribution in [1.82, 2.24) is 4.75 Å². The van der Waals surface area contributed by atoms with Crippen LogP contribution in [0, 0.1) is 0 Å². The van der Waals surface area contributed by atoms with E-state index in [4.69, 9.17) is 102 Å². The second kappa shape index (κ2) is 8.68. The molecule has 1 N–H and O–H groups in total. The minimum atomic E-state index is -3.37. The van der Waals surface area contributed by atoms with Crippen molar-refractivity contribution >= 4 is 133 Å². The lowest BCUT2D eigenvalue weighted by atomic mass is 11.8. The summed E-state index contributed by atoms with van der Waals surface area (Å²) in [6.45, 7) is 5.94. The topological polar surface area (TPSA) is 49.1 Å². The highest BCUT2D eigenvalue weighted by Crippen LogP contribution is 2.82. The summed E-state index contributed by atoms with van der Waals surface area (Å²) in [7, 11) is -1.82. The molecule has 0 unspecified atom stereocenters. The summed E-state index contributed by atoms with van der Waals surface area (Å²) in [5, 5.41) is 0. The van der Waals surface area contributed by atoms with E-state index in [0.29, 0.717) is 0 Å². The van der Waals surface area contributed by atoms with Crippen LogP contribution < -0.4 is 4.75 Å². The van der Waals surface area contributed by atoms with E-state index in [1.54, 1.807) is 0 Å². The van der Waals surface area contributed by atoms with E-state index in [9.17, 15) is 0 Å². The van der Waals surface area contributed by atoms with Gasteiger partial charge in [-0.3, -0.25) is 4.75 Å². The predicted octanol–water partition coefficient (Wildman–Crippen LogP) is 10.4. The Bertz CT molecular complexity index is 591. The van der Waals surface area contributed by atoms with Gasteiger partial charge in [0.2, 0.25) is 10.8 Å². The first kappa shape index (κ1) is 24.8. The number of hydrogen-bond acceptors (Lipinski definition) is 1. The van der Waals surface area contributed by atoms with E-state index in [2.05, 4.69) is 18.3 Å². The van der Waals surface area contributed by atoms with Gasteiger partial charge in [-0.25, -0.2) is 0 Å². The van der Waals surface area contributed by atoms with Crippen LogP contribution in [0.4, 0.5) is 0 Å². The Kier molecular flexibility index (Phi) is 10.3. The Labute approximate surface area is 169 Å². The molecule has 0 aliphatic carbocycles. The van der Waals surface area contributed by atoms with Crippen molar-refractivity contribution in [1.29, 1.82) is 0 Å². The molecule has 0 aromatic rings. The molecular weight excluding hydrogens is 560 g/mol. The van der Waals surface area contributed by atoms with Gasteiger partial charge in [0, 0.05) is 0 Å². The van der Waals surface area contributed by atoms with Crippen LogP contribution >= 0.6 is 113 Å². The zero-order valence-electron chi connectivity index (χ0n) is 10.6. The Morgan fingerprint density at radius 2 is 1.14 bits per heavy atom. The molecule has 128 valence electrons. The highest BCUT2D eigenvalue weighted by Gasteiger charge is 2.28. The summed E-state index contributed by atoms with van der Waals surface area (Å²) >= 11 is 52.1. The average Bonchev–Trinajstić information content (AvgIpc) is 1.83. The van der Waals surface area contributed by atoms with Gasteiger partial charge in [-0.15, -0.1) is 0 Å². The van der Waals surface area contributed by atoms with E-state index < -0.39 is 30.9 Å². The first-order chi connectivity index (χ1) is 8.83. The SMILES string of the molecule is C[Si](C)(C)NP(Cl)(Cl)=NP(Cl)(Cl)=NP(Cl)(Cl)=NP(=S)(Cl)Cl. The number of nitrogens with zero attached hydrogens (tertiary/aromatic N) is 3. The van der Waals surface area contributed by atoms with Gasteiger partial charge in [-0.1, -0.05) is 19.6 Å². The van der Waals surface area contributed by atoms with Gasteiger partial charge in [0.05, 0.1) is 0 Å². The highest BCUT2D eigenvalue weighted by molar-refractivity contribution is 8.40. The third-order valence-corrected chi connectivity index (χ3v) is 19.5. The predicted molar refractivity (Wildman–Crippen MR) is 116 cm³/mol. The van der Waals surface area contributed by atoms with E-state index in [0.717, 1.165) is 0 Å². The zero-order chi connectivity index (χ0) is 17.3. The van der Waals surface area contributed by atoms with Gasteiger partial charge in [0.25, 0.3) is 11.8 Å². The van der Waals surface area contributed by atoms with Crippen LogP contribution in [0.5, 0.6) is 0 Å². The lowest BCUT2D eigenvalue weighted by molar-refractivity contribution is 1.43. The second-order valence-corrected chi connectivity index (χ2v) is 32.1. The van der Waals surface area contributed by atoms with Crippen LogP contribution in [0.2, 0.25) is 19.6 Å². The van der Waals surface area contributed by atoms with Crippen molar-refractivity contribution in [2.45, 2.75) is 19.6 Å². The number of rotatable bonds is 5. The minimum Gasteiger partial charge on any atom is -0.281 e. The molecule has 4 nitrogen and oxygen atoms in total. The standard InChI is InChI=1S/C3H10Cl8N4P4SSi/c1-21(2,3)15-18(8,9)13-16(4,5)12-17(6,7)14-19(10,11)20/h15H,1-3H3. The first-order valence-corrected chi connectivity index (χ1v) is 23.3. The molecular formula is C3H10Cl8N4P4SSi. The molecule has 0 aliphatic heterocycles. The van der Waals surface area contributed by atoms with Crippen LogP contribution in [-0.2, 0) is 11.8 Å².